The number of anilines is 1. The largest absolute Gasteiger partial charge is 0.398 e. The van der Waals surface area contributed by atoms with Crippen molar-refractivity contribution in [2.75, 3.05) is 5.73 Å². The van der Waals surface area contributed by atoms with E-state index in [1.807, 2.05) is 32.0 Å². The van der Waals surface area contributed by atoms with Crippen LogP contribution in [0.5, 0.6) is 0 Å². The number of rotatable bonds is 3. The van der Waals surface area contributed by atoms with Crippen molar-refractivity contribution in [1.82, 2.24) is 0 Å². The highest BCUT2D eigenvalue weighted by molar-refractivity contribution is 6.33. The first-order valence-corrected chi connectivity index (χ1v) is 6.49. The molecule has 2 rings (SSSR count). The highest BCUT2D eigenvalue weighted by atomic mass is 35.5. The van der Waals surface area contributed by atoms with Gasteiger partial charge in [0, 0.05) is 12.0 Å². The number of ketones is 1. The number of carbonyl (C=O) groups is 1. The number of hydrogen-bond acceptors (Lipinski definition) is 2. The molecule has 98 valence electrons. The molecule has 2 nitrogen and oxygen atoms in total. The summed E-state index contributed by atoms with van der Waals surface area (Å²) in [6.07, 6.45) is 0.384. The Labute approximate surface area is 118 Å². The highest BCUT2D eigenvalue weighted by Crippen LogP contribution is 2.21. The number of halogens is 1. The Hall–Kier alpha value is -1.80. The Kier molecular flexibility index (Phi) is 3.91. The van der Waals surface area contributed by atoms with Crippen LogP contribution in [0.4, 0.5) is 5.69 Å². The SMILES string of the molecule is Cc1ccc(C)c(CC(=O)c2ccc(Cl)c(N)c2)c1. The Bertz CT molecular complexity index is 635. The fraction of sp³-hybridized carbons (Fsp3) is 0.188. The summed E-state index contributed by atoms with van der Waals surface area (Å²) in [4.78, 5) is 12.2. The van der Waals surface area contributed by atoms with Gasteiger partial charge in [0.25, 0.3) is 0 Å². The first-order chi connectivity index (χ1) is 8.97. The van der Waals surface area contributed by atoms with Crippen molar-refractivity contribution in [3.63, 3.8) is 0 Å². The van der Waals surface area contributed by atoms with Crippen LogP contribution < -0.4 is 5.73 Å². The summed E-state index contributed by atoms with van der Waals surface area (Å²) in [7, 11) is 0. The third-order valence-corrected chi connectivity index (χ3v) is 3.52. The summed E-state index contributed by atoms with van der Waals surface area (Å²) < 4.78 is 0. The predicted molar refractivity (Wildman–Crippen MR) is 79.8 cm³/mol. The molecular formula is C16H16ClNO. The van der Waals surface area contributed by atoms with E-state index < -0.39 is 0 Å². The quantitative estimate of drug-likeness (QED) is 0.679. The Morgan fingerprint density at radius 2 is 1.89 bits per heavy atom. The monoisotopic (exact) mass is 273 g/mol. The van der Waals surface area contributed by atoms with Crippen molar-refractivity contribution >= 4 is 23.1 Å². The van der Waals surface area contributed by atoms with Gasteiger partial charge in [0.2, 0.25) is 0 Å². The van der Waals surface area contributed by atoms with Gasteiger partial charge in [-0.2, -0.15) is 0 Å². The normalized spacial score (nSPS) is 10.5. The molecule has 0 unspecified atom stereocenters. The van der Waals surface area contributed by atoms with Crippen molar-refractivity contribution in [2.24, 2.45) is 0 Å². The third kappa shape index (κ3) is 3.15. The molecule has 0 atom stereocenters. The van der Waals surface area contributed by atoms with E-state index in [1.54, 1.807) is 18.2 Å². The molecule has 0 bridgehead atoms. The van der Waals surface area contributed by atoms with Gasteiger partial charge < -0.3 is 5.73 Å². The lowest BCUT2D eigenvalue weighted by Gasteiger charge is -2.07. The molecule has 2 aromatic carbocycles. The number of aryl methyl sites for hydroxylation is 2. The van der Waals surface area contributed by atoms with Crippen molar-refractivity contribution in [3.8, 4) is 0 Å². The Morgan fingerprint density at radius 3 is 2.58 bits per heavy atom. The Morgan fingerprint density at radius 1 is 1.16 bits per heavy atom. The summed E-state index contributed by atoms with van der Waals surface area (Å²) in [6.45, 7) is 4.03. The van der Waals surface area contributed by atoms with Gasteiger partial charge in [-0.05, 0) is 43.2 Å². The van der Waals surface area contributed by atoms with Crippen LogP contribution in [0.3, 0.4) is 0 Å². The number of hydrogen-bond donors (Lipinski definition) is 1. The van der Waals surface area contributed by atoms with E-state index in [0.29, 0.717) is 22.7 Å². The first kappa shape index (κ1) is 13.6. The van der Waals surface area contributed by atoms with Crippen molar-refractivity contribution in [3.05, 3.63) is 63.7 Å². The van der Waals surface area contributed by atoms with Gasteiger partial charge in [-0.3, -0.25) is 4.79 Å². The summed E-state index contributed by atoms with van der Waals surface area (Å²) in [6, 6.07) is 11.1. The molecule has 0 saturated heterocycles. The van der Waals surface area contributed by atoms with Crippen LogP contribution in [-0.4, -0.2) is 5.78 Å². The van der Waals surface area contributed by atoms with Gasteiger partial charge in [-0.15, -0.1) is 0 Å². The van der Waals surface area contributed by atoms with Gasteiger partial charge >= 0.3 is 0 Å². The minimum absolute atomic E-state index is 0.0528. The van der Waals surface area contributed by atoms with E-state index in [4.69, 9.17) is 17.3 Å². The van der Waals surface area contributed by atoms with Crippen LogP contribution in [-0.2, 0) is 6.42 Å². The number of Topliss-reactive ketones (excluding diaryl/α,β-unsaturated/α-hetero) is 1. The molecule has 0 aliphatic rings. The average molecular weight is 274 g/mol. The lowest BCUT2D eigenvalue weighted by atomic mass is 9.97. The lowest BCUT2D eigenvalue weighted by molar-refractivity contribution is 0.0993. The number of benzene rings is 2. The molecule has 0 amide bonds. The van der Waals surface area contributed by atoms with E-state index >= 15 is 0 Å². The van der Waals surface area contributed by atoms with E-state index in [1.165, 1.54) is 0 Å². The zero-order valence-electron chi connectivity index (χ0n) is 11.0. The van der Waals surface area contributed by atoms with Crippen molar-refractivity contribution < 1.29 is 4.79 Å². The van der Waals surface area contributed by atoms with E-state index in [0.717, 1.165) is 16.7 Å². The maximum Gasteiger partial charge on any atom is 0.167 e. The fourth-order valence-corrected chi connectivity index (χ4v) is 2.10. The molecule has 0 aromatic heterocycles. The van der Waals surface area contributed by atoms with Crippen LogP contribution in [0, 0.1) is 13.8 Å². The van der Waals surface area contributed by atoms with Crippen LogP contribution >= 0.6 is 11.6 Å². The molecule has 2 aromatic rings. The number of carbonyl (C=O) groups excluding carboxylic acids is 1. The molecule has 3 heteroatoms. The predicted octanol–water partition coefficient (Wildman–Crippen LogP) is 3.96. The maximum atomic E-state index is 12.2. The van der Waals surface area contributed by atoms with Crippen LogP contribution in [0.2, 0.25) is 5.02 Å². The average Bonchev–Trinajstić information content (AvgIpc) is 2.37. The van der Waals surface area contributed by atoms with E-state index in [2.05, 4.69) is 0 Å². The van der Waals surface area contributed by atoms with Crippen molar-refractivity contribution in [1.29, 1.82) is 0 Å². The highest BCUT2D eigenvalue weighted by Gasteiger charge is 2.10. The Balaban J connectivity index is 2.25. The second-order valence-electron chi connectivity index (χ2n) is 4.77. The minimum atomic E-state index is 0.0528. The van der Waals surface area contributed by atoms with Crippen LogP contribution in [0.15, 0.2) is 36.4 Å². The van der Waals surface area contributed by atoms with Gasteiger partial charge in [-0.1, -0.05) is 35.4 Å². The third-order valence-electron chi connectivity index (χ3n) is 3.17. The fourth-order valence-electron chi connectivity index (χ4n) is 1.98. The molecular weight excluding hydrogens is 258 g/mol. The molecule has 19 heavy (non-hydrogen) atoms. The molecule has 0 aliphatic heterocycles. The smallest absolute Gasteiger partial charge is 0.167 e. The number of nitrogen functional groups attached to an aromatic ring is 1. The molecule has 0 heterocycles. The van der Waals surface area contributed by atoms with Crippen LogP contribution in [0.25, 0.3) is 0 Å². The molecule has 2 N–H and O–H groups in total. The van der Waals surface area contributed by atoms with Gasteiger partial charge in [0.1, 0.15) is 0 Å². The topological polar surface area (TPSA) is 43.1 Å². The van der Waals surface area contributed by atoms with Gasteiger partial charge in [0.15, 0.2) is 5.78 Å². The van der Waals surface area contributed by atoms with E-state index in [9.17, 15) is 4.79 Å². The summed E-state index contributed by atoms with van der Waals surface area (Å²) in [5, 5.41) is 0.475. The first-order valence-electron chi connectivity index (χ1n) is 6.11. The zero-order chi connectivity index (χ0) is 14.0. The molecule has 0 fully saturated rings. The summed E-state index contributed by atoms with van der Waals surface area (Å²) >= 11 is 5.86. The molecule has 0 aliphatic carbocycles. The second-order valence-corrected chi connectivity index (χ2v) is 5.17. The van der Waals surface area contributed by atoms with E-state index in [-0.39, 0.29) is 5.78 Å². The number of nitrogens with two attached hydrogens (primary N) is 1. The van der Waals surface area contributed by atoms with Crippen molar-refractivity contribution in [2.45, 2.75) is 20.3 Å². The van der Waals surface area contributed by atoms with Gasteiger partial charge in [0.05, 0.1) is 10.7 Å². The van der Waals surface area contributed by atoms with Gasteiger partial charge in [-0.25, -0.2) is 0 Å². The summed E-state index contributed by atoms with van der Waals surface area (Å²) in [5.41, 5.74) is 10.1. The molecule has 0 radical (unpaired) electrons. The second kappa shape index (κ2) is 5.45. The minimum Gasteiger partial charge on any atom is -0.398 e. The molecule has 0 spiro atoms. The lowest BCUT2D eigenvalue weighted by Crippen LogP contribution is -2.06. The molecule has 0 saturated carbocycles. The zero-order valence-corrected chi connectivity index (χ0v) is 11.8. The summed E-state index contributed by atoms with van der Waals surface area (Å²) in [5.74, 6) is 0.0528. The van der Waals surface area contributed by atoms with Crippen LogP contribution in [0.1, 0.15) is 27.0 Å². The standard InChI is InChI=1S/C16H16ClNO/c1-10-3-4-11(2)13(7-10)9-16(19)12-5-6-14(17)15(18)8-12/h3-8H,9,18H2,1-2H3. The maximum absolute atomic E-state index is 12.2.